The molecule has 0 saturated heterocycles. The van der Waals surface area contributed by atoms with Gasteiger partial charge in [-0.05, 0) is 0 Å². The molecule has 11 heavy (non-hydrogen) atoms. The van der Waals surface area contributed by atoms with Crippen molar-refractivity contribution in [1.82, 2.24) is 0 Å². The maximum atomic E-state index is 9.78. The van der Waals surface area contributed by atoms with Gasteiger partial charge in [-0.1, -0.05) is 0 Å². The van der Waals surface area contributed by atoms with Crippen LogP contribution in [-0.2, 0) is 4.79 Å². The maximum absolute atomic E-state index is 9.78. The van der Waals surface area contributed by atoms with E-state index in [1.165, 1.54) is 0 Å². The van der Waals surface area contributed by atoms with Crippen molar-refractivity contribution in [1.29, 1.82) is 0 Å². The van der Waals surface area contributed by atoms with Crippen LogP contribution in [-0.4, -0.2) is 88.4 Å². The molecule has 0 aromatic carbocycles. The summed E-state index contributed by atoms with van der Waals surface area (Å²) < 4.78 is 0. The van der Waals surface area contributed by atoms with E-state index in [1.54, 1.807) is 0 Å². The first-order valence-electron chi connectivity index (χ1n) is 2.29. The molecule has 6 N–H and O–H groups in total. The van der Waals surface area contributed by atoms with Crippen molar-refractivity contribution < 1.29 is 30.7 Å². The molecule has 0 fully saturated rings. The fraction of sp³-hybridized carbons (Fsp3) is 0.750. The minimum absolute atomic E-state index is 0. The Balaban J connectivity index is -0.000000320. The molecule has 0 aliphatic heterocycles. The quantitative estimate of drug-likeness (QED) is 0.348. The van der Waals surface area contributed by atoms with E-state index in [2.05, 4.69) is 0 Å². The summed E-state index contributed by atoms with van der Waals surface area (Å²) in [6.45, 7) is -0.756. The van der Waals surface area contributed by atoms with Crippen LogP contribution in [0.1, 0.15) is 0 Å². The van der Waals surface area contributed by atoms with Crippen molar-refractivity contribution in [3.05, 3.63) is 0 Å². The third-order valence-corrected chi connectivity index (χ3v) is 0.805. The molecule has 0 rings (SSSR count). The molecular weight excluding hydrogens is 184 g/mol. The second-order valence-electron chi connectivity index (χ2n) is 1.53. The Morgan fingerprint density at radius 1 is 1.36 bits per heavy atom. The average Bonchev–Trinajstić information content (AvgIpc) is 1.84. The van der Waals surface area contributed by atoms with Gasteiger partial charge in [-0.3, -0.25) is 0 Å². The third-order valence-electron chi connectivity index (χ3n) is 0.805. The molecule has 0 aliphatic carbocycles. The Morgan fingerprint density at radius 3 is 1.82 bits per heavy atom. The van der Waals surface area contributed by atoms with E-state index < -0.39 is 24.8 Å². The van der Waals surface area contributed by atoms with Gasteiger partial charge >= 0.3 is 5.97 Å². The molecule has 64 valence electrons. The molecule has 0 aliphatic rings. The normalized spacial score (nSPS) is 13.7. The van der Waals surface area contributed by atoms with Gasteiger partial charge in [-0.25, -0.2) is 4.79 Å². The summed E-state index contributed by atoms with van der Waals surface area (Å²) in [5.74, 6) is -1.54. The zero-order valence-corrected chi connectivity index (χ0v) is 7.97. The smallest absolute Gasteiger partial charge is 0.335 e. The minimum atomic E-state index is -1.89. The number of hydrogen-bond acceptors (Lipinski definition) is 4. The SMILES string of the molecule is O.O=C(O)[C@H](O)[C@@H](O)CO.[Ca]. The van der Waals surface area contributed by atoms with E-state index in [9.17, 15) is 4.79 Å². The van der Waals surface area contributed by atoms with Crippen LogP contribution in [0.25, 0.3) is 0 Å². The van der Waals surface area contributed by atoms with Crippen LogP contribution in [0.2, 0.25) is 0 Å². The standard InChI is InChI=1S/C4H8O5.Ca.H2O/c5-1-2(6)3(7)4(8)9;;/h2-3,5-7H,1H2,(H,8,9);;1H2/t2-,3+;;/m0../s1. The Morgan fingerprint density at radius 2 is 1.73 bits per heavy atom. The first-order valence-corrected chi connectivity index (χ1v) is 2.29. The van der Waals surface area contributed by atoms with Crippen molar-refractivity contribution in [2.75, 3.05) is 6.61 Å². The van der Waals surface area contributed by atoms with Gasteiger partial charge in [0.1, 0.15) is 6.10 Å². The van der Waals surface area contributed by atoms with Crippen LogP contribution >= 0.6 is 0 Å². The molecule has 0 aromatic heterocycles. The number of carboxylic acids is 1. The summed E-state index contributed by atoms with van der Waals surface area (Å²) in [6.07, 6.45) is -3.49. The Kier molecular flexibility index (Phi) is 13.9. The first-order chi connectivity index (χ1) is 4.09. The van der Waals surface area contributed by atoms with E-state index in [4.69, 9.17) is 20.4 Å². The van der Waals surface area contributed by atoms with Gasteiger partial charge in [0.2, 0.25) is 0 Å². The first kappa shape index (κ1) is 17.6. The fourth-order valence-corrected chi connectivity index (χ4v) is 0.264. The zero-order chi connectivity index (χ0) is 7.44. The molecule has 0 heterocycles. The Hall–Kier alpha value is 0.570. The molecule has 2 radical (unpaired) electrons. The van der Waals surface area contributed by atoms with Crippen LogP contribution in [0.5, 0.6) is 0 Å². The average molecular weight is 194 g/mol. The summed E-state index contributed by atoms with van der Waals surface area (Å²) >= 11 is 0. The molecule has 0 saturated carbocycles. The van der Waals surface area contributed by atoms with Crippen molar-refractivity contribution in [2.24, 2.45) is 0 Å². The van der Waals surface area contributed by atoms with Gasteiger partial charge in [-0.2, -0.15) is 0 Å². The molecular formula is C4H10CaO6. The summed E-state index contributed by atoms with van der Waals surface area (Å²) in [7, 11) is 0. The third kappa shape index (κ3) is 6.95. The Bertz CT molecular complexity index is 107. The van der Waals surface area contributed by atoms with Gasteiger partial charge in [0.25, 0.3) is 0 Å². The number of aliphatic hydroxyl groups is 3. The maximum Gasteiger partial charge on any atom is 0.335 e. The number of rotatable bonds is 3. The van der Waals surface area contributed by atoms with Crippen molar-refractivity contribution in [3.63, 3.8) is 0 Å². The molecule has 7 heteroatoms. The summed E-state index contributed by atoms with van der Waals surface area (Å²) in [6, 6.07) is 0. The van der Waals surface area contributed by atoms with Gasteiger partial charge in [0.15, 0.2) is 6.10 Å². The topological polar surface area (TPSA) is 129 Å². The molecule has 0 unspecified atom stereocenters. The van der Waals surface area contributed by atoms with Gasteiger partial charge in [0, 0.05) is 37.7 Å². The molecule has 0 aromatic rings. The molecule has 0 spiro atoms. The summed E-state index contributed by atoms with van der Waals surface area (Å²) in [5, 5.41) is 32.8. The van der Waals surface area contributed by atoms with Crippen LogP contribution in [0, 0.1) is 0 Å². The number of carboxylic acid groups (broad SMARTS) is 1. The van der Waals surface area contributed by atoms with E-state index in [-0.39, 0.29) is 43.2 Å². The largest absolute Gasteiger partial charge is 0.479 e. The van der Waals surface area contributed by atoms with Crippen molar-refractivity contribution >= 4 is 43.7 Å². The summed E-state index contributed by atoms with van der Waals surface area (Å²) in [5.41, 5.74) is 0. The van der Waals surface area contributed by atoms with Crippen molar-refractivity contribution in [3.8, 4) is 0 Å². The van der Waals surface area contributed by atoms with Crippen LogP contribution in [0.3, 0.4) is 0 Å². The molecule has 0 amide bonds. The van der Waals surface area contributed by atoms with Crippen LogP contribution in [0.15, 0.2) is 0 Å². The summed E-state index contributed by atoms with van der Waals surface area (Å²) in [4.78, 5) is 9.78. The molecule has 6 nitrogen and oxygen atoms in total. The second kappa shape index (κ2) is 8.66. The number of hydrogen-bond donors (Lipinski definition) is 4. The van der Waals surface area contributed by atoms with Crippen LogP contribution in [0.4, 0.5) is 0 Å². The zero-order valence-electron chi connectivity index (χ0n) is 5.77. The van der Waals surface area contributed by atoms with Crippen LogP contribution < -0.4 is 0 Å². The number of aliphatic carboxylic acids is 1. The Labute approximate surface area is 92.8 Å². The van der Waals surface area contributed by atoms with E-state index >= 15 is 0 Å². The minimum Gasteiger partial charge on any atom is -0.479 e. The van der Waals surface area contributed by atoms with Crippen molar-refractivity contribution in [2.45, 2.75) is 12.2 Å². The van der Waals surface area contributed by atoms with E-state index in [0.29, 0.717) is 0 Å². The van der Waals surface area contributed by atoms with Gasteiger partial charge in [-0.15, -0.1) is 0 Å². The molecule has 2 atom stereocenters. The number of aliphatic hydroxyl groups excluding tert-OH is 3. The predicted octanol–water partition coefficient (Wildman–Crippen LogP) is -3.42. The van der Waals surface area contributed by atoms with Gasteiger partial charge < -0.3 is 25.9 Å². The predicted molar refractivity (Wildman–Crippen MR) is 36.1 cm³/mol. The monoisotopic (exact) mass is 194 g/mol. The van der Waals surface area contributed by atoms with E-state index in [1.807, 2.05) is 0 Å². The second-order valence-corrected chi connectivity index (χ2v) is 1.53. The molecule has 0 bridgehead atoms. The fourth-order valence-electron chi connectivity index (χ4n) is 0.264. The van der Waals surface area contributed by atoms with E-state index in [0.717, 1.165) is 0 Å². The number of carbonyl (C=O) groups is 1. The van der Waals surface area contributed by atoms with Gasteiger partial charge in [0.05, 0.1) is 6.61 Å².